The van der Waals surface area contributed by atoms with Crippen molar-refractivity contribution in [1.29, 1.82) is 0 Å². The molecule has 4 nitrogen and oxygen atoms in total. The average molecular weight is 400 g/mol. The van der Waals surface area contributed by atoms with Gasteiger partial charge in [0, 0.05) is 39.9 Å². The van der Waals surface area contributed by atoms with Crippen molar-refractivity contribution in [3.8, 4) is 0 Å². The van der Waals surface area contributed by atoms with Crippen LogP contribution in [0.2, 0.25) is 0 Å². The van der Waals surface area contributed by atoms with Crippen molar-refractivity contribution in [2.24, 2.45) is 11.3 Å². The molecule has 0 atom stereocenters. The van der Waals surface area contributed by atoms with Crippen molar-refractivity contribution in [3.63, 3.8) is 0 Å². The summed E-state index contributed by atoms with van der Waals surface area (Å²) in [5.41, 5.74) is 1.54. The van der Waals surface area contributed by atoms with Crippen LogP contribution in [-0.4, -0.2) is 35.7 Å². The summed E-state index contributed by atoms with van der Waals surface area (Å²) in [7, 11) is 0. The van der Waals surface area contributed by atoms with Gasteiger partial charge in [0.1, 0.15) is 0 Å². The summed E-state index contributed by atoms with van der Waals surface area (Å²) in [6.07, 6.45) is 4.07. The van der Waals surface area contributed by atoms with Gasteiger partial charge in [0.15, 0.2) is 0 Å². The fourth-order valence-electron chi connectivity index (χ4n) is 3.30. The Bertz CT molecular complexity index is 516. The molecular formula is C16H21IN2O2. The Kier molecular flexibility index (Phi) is 4.12. The van der Waals surface area contributed by atoms with E-state index in [0.29, 0.717) is 23.9 Å². The predicted octanol–water partition coefficient (Wildman–Crippen LogP) is 3.66. The lowest BCUT2D eigenvalue weighted by Gasteiger charge is -2.58. The highest BCUT2D eigenvalue weighted by atomic mass is 127. The SMILES string of the molecule is CC(C)COC(=O)N1CC2(CC(c3ccc(I)cn3)C2)C1. The summed E-state index contributed by atoms with van der Waals surface area (Å²) in [6, 6.07) is 4.25. The molecule has 2 aliphatic rings. The van der Waals surface area contributed by atoms with Gasteiger partial charge in [0.25, 0.3) is 0 Å². The molecule has 1 spiro atoms. The summed E-state index contributed by atoms with van der Waals surface area (Å²) < 4.78 is 6.44. The Hall–Kier alpha value is -0.850. The third-order valence-corrected chi connectivity index (χ3v) is 5.02. The third kappa shape index (κ3) is 3.17. The van der Waals surface area contributed by atoms with Crippen LogP contribution in [0.15, 0.2) is 18.3 Å². The van der Waals surface area contributed by atoms with Crippen LogP contribution in [0.1, 0.15) is 38.3 Å². The zero-order chi connectivity index (χ0) is 15.0. The van der Waals surface area contributed by atoms with Crippen LogP contribution in [-0.2, 0) is 4.74 Å². The van der Waals surface area contributed by atoms with Crippen LogP contribution in [0.25, 0.3) is 0 Å². The molecule has 0 aromatic carbocycles. The molecule has 2 heterocycles. The maximum Gasteiger partial charge on any atom is 0.409 e. The molecule has 1 saturated carbocycles. The van der Waals surface area contributed by atoms with Gasteiger partial charge >= 0.3 is 6.09 Å². The molecule has 0 unspecified atom stereocenters. The molecule has 2 fully saturated rings. The third-order valence-electron chi connectivity index (χ3n) is 4.38. The molecule has 1 amide bonds. The zero-order valence-electron chi connectivity index (χ0n) is 12.5. The van der Waals surface area contributed by atoms with Gasteiger partial charge in [-0.3, -0.25) is 4.98 Å². The molecule has 3 rings (SSSR count). The molecule has 1 aromatic rings. The lowest BCUT2D eigenvalue weighted by Crippen LogP contribution is -2.63. The summed E-state index contributed by atoms with van der Waals surface area (Å²) >= 11 is 2.28. The Labute approximate surface area is 139 Å². The summed E-state index contributed by atoms with van der Waals surface area (Å²) in [4.78, 5) is 18.2. The molecule has 1 saturated heterocycles. The molecule has 1 aromatic heterocycles. The van der Waals surface area contributed by atoms with E-state index in [-0.39, 0.29) is 6.09 Å². The number of likely N-dealkylation sites (tertiary alicyclic amines) is 1. The predicted molar refractivity (Wildman–Crippen MR) is 89.1 cm³/mol. The first-order chi connectivity index (χ1) is 9.97. The van der Waals surface area contributed by atoms with E-state index < -0.39 is 0 Å². The number of ether oxygens (including phenoxy) is 1. The highest BCUT2D eigenvalue weighted by Crippen LogP contribution is 2.55. The second-order valence-electron chi connectivity index (χ2n) is 6.83. The van der Waals surface area contributed by atoms with E-state index in [4.69, 9.17) is 4.74 Å². The maximum atomic E-state index is 11.8. The summed E-state index contributed by atoms with van der Waals surface area (Å²) in [6.45, 7) is 6.32. The Morgan fingerprint density at radius 1 is 1.48 bits per heavy atom. The highest BCUT2D eigenvalue weighted by Gasteiger charge is 2.54. The Morgan fingerprint density at radius 3 is 2.76 bits per heavy atom. The number of carbonyl (C=O) groups is 1. The monoisotopic (exact) mass is 400 g/mol. The molecule has 0 N–H and O–H groups in total. The maximum absolute atomic E-state index is 11.8. The minimum absolute atomic E-state index is 0.148. The number of hydrogen-bond donors (Lipinski definition) is 0. The van der Waals surface area contributed by atoms with Gasteiger partial charge in [-0.2, -0.15) is 0 Å². The van der Waals surface area contributed by atoms with Crippen molar-refractivity contribution in [2.75, 3.05) is 19.7 Å². The topological polar surface area (TPSA) is 42.4 Å². The van der Waals surface area contributed by atoms with Crippen LogP contribution in [0.3, 0.4) is 0 Å². The van der Waals surface area contributed by atoms with Gasteiger partial charge in [-0.15, -0.1) is 0 Å². The van der Waals surface area contributed by atoms with Gasteiger partial charge in [-0.05, 0) is 53.5 Å². The van der Waals surface area contributed by atoms with Crippen molar-refractivity contribution < 1.29 is 9.53 Å². The number of nitrogens with zero attached hydrogens (tertiary/aromatic N) is 2. The molecule has 0 radical (unpaired) electrons. The van der Waals surface area contributed by atoms with E-state index in [9.17, 15) is 4.79 Å². The molecule has 1 aliphatic heterocycles. The van der Waals surface area contributed by atoms with E-state index in [1.54, 1.807) is 0 Å². The number of pyridine rings is 1. The molecule has 5 heteroatoms. The fourth-order valence-corrected chi connectivity index (χ4v) is 3.62. The highest BCUT2D eigenvalue weighted by molar-refractivity contribution is 14.1. The Balaban J connectivity index is 1.45. The standard InChI is InChI=1S/C16H21IN2O2/c1-11(2)8-21-15(20)19-9-16(10-19)5-12(6-16)14-4-3-13(17)7-18-14/h3-4,7,11-12H,5-6,8-10H2,1-2H3. The van der Waals surface area contributed by atoms with Crippen molar-refractivity contribution in [3.05, 3.63) is 27.6 Å². The number of amides is 1. The molecule has 0 bridgehead atoms. The first-order valence-corrected chi connectivity index (χ1v) is 8.58. The number of hydrogen-bond acceptors (Lipinski definition) is 3. The minimum Gasteiger partial charge on any atom is -0.449 e. The molecule has 21 heavy (non-hydrogen) atoms. The molecule has 114 valence electrons. The zero-order valence-corrected chi connectivity index (χ0v) is 14.7. The van der Waals surface area contributed by atoms with Crippen molar-refractivity contribution in [1.82, 2.24) is 9.88 Å². The van der Waals surface area contributed by atoms with E-state index >= 15 is 0 Å². The van der Waals surface area contributed by atoms with E-state index in [0.717, 1.165) is 25.9 Å². The largest absolute Gasteiger partial charge is 0.449 e. The van der Waals surface area contributed by atoms with Crippen molar-refractivity contribution >= 4 is 28.7 Å². The fraction of sp³-hybridized carbons (Fsp3) is 0.625. The van der Waals surface area contributed by atoms with Crippen LogP contribution in [0.4, 0.5) is 4.79 Å². The van der Waals surface area contributed by atoms with Gasteiger partial charge in [-0.25, -0.2) is 4.79 Å². The average Bonchev–Trinajstić information content (AvgIpc) is 2.35. The van der Waals surface area contributed by atoms with E-state index in [1.165, 1.54) is 9.26 Å². The number of carbonyl (C=O) groups excluding carboxylic acids is 1. The summed E-state index contributed by atoms with van der Waals surface area (Å²) in [5, 5.41) is 0. The number of rotatable bonds is 3. The van der Waals surface area contributed by atoms with Crippen molar-refractivity contribution in [2.45, 2.75) is 32.6 Å². The van der Waals surface area contributed by atoms with Gasteiger partial charge in [-0.1, -0.05) is 13.8 Å². The summed E-state index contributed by atoms with van der Waals surface area (Å²) in [5.74, 6) is 0.958. The Morgan fingerprint density at radius 2 is 2.19 bits per heavy atom. The van der Waals surface area contributed by atoms with E-state index in [1.807, 2.05) is 11.1 Å². The van der Waals surface area contributed by atoms with Crippen LogP contribution in [0.5, 0.6) is 0 Å². The first kappa shape index (κ1) is 15.1. The number of aromatic nitrogens is 1. The second-order valence-corrected chi connectivity index (χ2v) is 8.08. The van der Waals surface area contributed by atoms with Crippen LogP contribution in [0, 0.1) is 14.9 Å². The first-order valence-electron chi connectivity index (χ1n) is 7.51. The van der Waals surface area contributed by atoms with Gasteiger partial charge in [0.2, 0.25) is 0 Å². The minimum atomic E-state index is -0.148. The number of halogens is 1. The quantitative estimate of drug-likeness (QED) is 0.728. The van der Waals surface area contributed by atoms with Gasteiger partial charge in [0.05, 0.1) is 6.61 Å². The van der Waals surface area contributed by atoms with Gasteiger partial charge < -0.3 is 9.64 Å². The van der Waals surface area contributed by atoms with Crippen LogP contribution < -0.4 is 0 Å². The normalized spacial score (nSPS) is 20.3. The lowest BCUT2D eigenvalue weighted by atomic mass is 9.57. The smallest absolute Gasteiger partial charge is 0.409 e. The van der Waals surface area contributed by atoms with E-state index in [2.05, 4.69) is 53.6 Å². The lowest BCUT2D eigenvalue weighted by molar-refractivity contribution is -0.0666. The molecule has 1 aliphatic carbocycles. The van der Waals surface area contributed by atoms with Crippen LogP contribution >= 0.6 is 22.6 Å². The second kappa shape index (κ2) is 5.74. The molecular weight excluding hydrogens is 379 g/mol.